The van der Waals surface area contributed by atoms with Crippen LogP contribution in [0.3, 0.4) is 0 Å². The van der Waals surface area contributed by atoms with Gasteiger partial charge in [0.15, 0.2) is 5.96 Å². The van der Waals surface area contributed by atoms with Crippen LogP contribution in [0.2, 0.25) is 0 Å². The lowest BCUT2D eigenvalue weighted by molar-refractivity contribution is 0.0203. The summed E-state index contributed by atoms with van der Waals surface area (Å²) < 4.78 is 16.6. The molecular weight excluding hydrogens is 368 g/mol. The van der Waals surface area contributed by atoms with Gasteiger partial charge in [-0.05, 0) is 37.3 Å². The Labute approximate surface area is 175 Å². The lowest BCUT2D eigenvalue weighted by Gasteiger charge is -2.37. The molecule has 0 aromatic heterocycles. The third-order valence-electron chi connectivity index (χ3n) is 5.65. The van der Waals surface area contributed by atoms with E-state index in [2.05, 4.69) is 32.2 Å². The van der Waals surface area contributed by atoms with Crippen molar-refractivity contribution in [3.63, 3.8) is 0 Å². The van der Waals surface area contributed by atoms with Crippen molar-refractivity contribution in [3.8, 4) is 5.75 Å². The minimum Gasteiger partial charge on any atom is -0.497 e. The highest BCUT2D eigenvalue weighted by Gasteiger charge is 2.20. The third-order valence-corrected chi connectivity index (χ3v) is 5.65. The van der Waals surface area contributed by atoms with Crippen LogP contribution in [0.25, 0.3) is 0 Å². The summed E-state index contributed by atoms with van der Waals surface area (Å²) >= 11 is 0. The number of ether oxygens (including phenoxy) is 3. The van der Waals surface area contributed by atoms with Crippen LogP contribution in [0, 0.1) is 5.92 Å². The van der Waals surface area contributed by atoms with E-state index in [4.69, 9.17) is 14.2 Å². The summed E-state index contributed by atoms with van der Waals surface area (Å²) in [4.78, 5) is 9.20. The van der Waals surface area contributed by atoms with Crippen molar-refractivity contribution in [2.24, 2.45) is 10.9 Å². The predicted molar refractivity (Wildman–Crippen MR) is 117 cm³/mol. The van der Waals surface area contributed by atoms with Crippen LogP contribution < -0.4 is 15.0 Å². The van der Waals surface area contributed by atoms with Gasteiger partial charge in [-0.2, -0.15) is 0 Å². The van der Waals surface area contributed by atoms with Crippen LogP contribution >= 0.6 is 0 Å². The Balaban J connectivity index is 1.32. The van der Waals surface area contributed by atoms with E-state index in [1.54, 1.807) is 7.11 Å². The number of hydrogen-bond acceptors (Lipinski definition) is 5. The van der Waals surface area contributed by atoms with Gasteiger partial charge in [0.25, 0.3) is 0 Å². The molecule has 1 aromatic carbocycles. The maximum Gasteiger partial charge on any atom is 0.193 e. The van der Waals surface area contributed by atoms with Gasteiger partial charge in [0.1, 0.15) is 5.75 Å². The molecule has 0 amide bonds. The van der Waals surface area contributed by atoms with E-state index in [-0.39, 0.29) is 0 Å². The Morgan fingerprint density at radius 3 is 2.72 bits per heavy atom. The molecule has 2 aliphatic heterocycles. The summed E-state index contributed by atoms with van der Waals surface area (Å²) in [5.74, 6) is 2.56. The van der Waals surface area contributed by atoms with Gasteiger partial charge in [-0.3, -0.25) is 4.99 Å². The third kappa shape index (κ3) is 6.78. The molecule has 0 saturated carbocycles. The molecule has 0 radical (unpaired) electrons. The second-order valence-electron chi connectivity index (χ2n) is 7.63. The molecule has 2 aliphatic rings. The number of methoxy groups -OCH3 is 1. The zero-order valence-electron chi connectivity index (χ0n) is 17.9. The van der Waals surface area contributed by atoms with E-state index >= 15 is 0 Å². The van der Waals surface area contributed by atoms with Gasteiger partial charge in [0, 0.05) is 78.0 Å². The SMILES string of the molecule is CN=C(NCCCOCC1CCOCC1)N1CCN(c2cccc(OC)c2)CC1. The first-order chi connectivity index (χ1) is 14.3. The predicted octanol–water partition coefficient (Wildman–Crippen LogP) is 2.23. The highest BCUT2D eigenvalue weighted by Crippen LogP contribution is 2.22. The lowest BCUT2D eigenvalue weighted by atomic mass is 10.0. The van der Waals surface area contributed by atoms with Gasteiger partial charge in [-0.1, -0.05) is 6.07 Å². The zero-order valence-corrected chi connectivity index (χ0v) is 17.9. The lowest BCUT2D eigenvalue weighted by Crippen LogP contribution is -2.52. The van der Waals surface area contributed by atoms with E-state index < -0.39 is 0 Å². The minimum absolute atomic E-state index is 0.672. The molecule has 1 N–H and O–H groups in total. The fourth-order valence-electron chi connectivity index (χ4n) is 3.85. The van der Waals surface area contributed by atoms with Crippen molar-refractivity contribution in [1.82, 2.24) is 10.2 Å². The Morgan fingerprint density at radius 1 is 1.21 bits per heavy atom. The molecule has 0 aliphatic carbocycles. The Kier molecular flexibility index (Phi) is 8.89. The molecule has 29 heavy (non-hydrogen) atoms. The first-order valence-corrected chi connectivity index (χ1v) is 10.8. The fraction of sp³-hybridized carbons (Fsp3) is 0.682. The highest BCUT2D eigenvalue weighted by molar-refractivity contribution is 5.80. The quantitative estimate of drug-likeness (QED) is 0.407. The molecule has 7 nitrogen and oxygen atoms in total. The average Bonchev–Trinajstić information content (AvgIpc) is 2.79. The van der Waals surface area contributed by atoms with E-state index in [9.17, 15) is 0 Å². The summed E-state index contributed by atoms with van der Waals surface area (Å²) in [6.07, 6.45) is 3.26. The van der Waals surface area contributed by atoms with Crippen molar-refractivity contribution in [1.29, 1.82) is 0 Å². The second kappa shape index (κ2) is 11.9. The van der Waals surface area contributed by atoms with Gasteiger partial charge >= 0.3 is 0 Å². The van der Waals surface area contributed by atoms with Gasteiger partial charge in [0.05, 0.1) is 7.11 Å². The topological polar surface area (TPSA) is 58.6 Å². The van der Waals surface area contributed by atoms with Gasteiger partial charge in [-0.25, -0.2) is 0 Å². The van der Waals surface area contributed by atoms with Crippen LogP contribution in [-0.2, 0) is 9.47 Å². The maximum absolute atomic E-state index is 5.85. The summed E-state index contributed by atoms with van der Waals surface area (Å²) in [6, 6.07) is 8.28. The second-order valence-corrected chi connectivity index (χ2v) is 7.63. The minimum atomic E-state index is 0.672. The summed E-state index contributed by atoms with van der Waals surface area (Å²) in [6.45, 7) is 8.18. The molecular formula is C22H36N4O3. The van der Waals surface area contributed by atoms with E-state index in [0.717, 1.165) is 90.1 Å². The first kappa shape index (κ1) is 21.7. The molecule has 1 aromatic rings. The number of hydrogen-bond donors (Lipinski definition) is 1. The van der Waals surface area contributed by atoms with Crippen molar-refractivity contribution < 1.29 is 14.2 Å². The van der Waals surface area contributed by atoms with E-state index in [1.807, 2.05) is 19.2 Å². The van der Waals surface area contributed by atoms with Crippen LogP contribution in [0.4, 0.5) is 5.69 Å². The van der Waals surface area contributed by atoms with Crippen molar-refractivity contribution in [3.05, 3.63) is 24.3 Å². The average molecular weight is 405 g/mol. The molecule has 2 fully saturated rings. The number of benzene rings is 1. The van der Waals surface area contributed by atoms with Gasteiger partial charge in [-0.15, -0.1) is 0 Å². The number of aliphatic imine (C=N–C) groups is 1. The molecule has 7 heteroatoms. The first-order valence-electron chi connectivity index (χ1n) is 10.8. The smallest absolute Gasteiger partial charge is 0.193 e. The molecule has 2 heterocycles. The fourth-order valence-corrected chi connectivity index (χ4v) is 3.85. The van der Waals surface area contributed by atoms with E-state index in [1.165, 1.54) is 5.69 Å². The van der Waals surface area contributed by atoms with Crippen LogP contribution in [0.15, 0.2) is 29.3 Å². The normalized spacial score (nSPS) is 18.8. The number of rotatable bonds is 8. The summed E-state index contributed by atoms with van der Waals surface area (Å²) in [5.41, 5.74) is 1.22. The van der Waals surface area contributed by atoms with E-state index in [0.29, 0.717) is 5.92 Å². The number of anilines is 1. The van der Waals surface area contributed by atoms with Crippen molar-refractivity contribution in [2.75, 3.05) is 78.2 Å². The standard InChI is InChI=1S/C22H36N4O3/c1-23-22(24-9-4-14-29-18-19-7-15-28-16-8-19)26-12-10-25(11-13-26)20-5-3-6-21(17-20)27-2/h3,5-6,17,19H,4,7-16,18H2,1-2H3,(H,23,24). The summed E-state index contributed by atoms with van der Waals surface area (Å²) in [7, 11) is 3.57. The summed E-state index contributed by atoms with van der Waals surface area (Å²) in [5, 5.41) is 3.49. The molecule has 3 rings (SSSR count). The number of guanidine groups is 1. The van der Waals surface area contributed by atoms with Crippen molar-refractivity contribution >= 4 is 11.6 Å². The van der Waals surface area contributed by atoms with Crippen LogP contribution in [0.1, 0.15) is 19.3 Å². The number of nitrogens with zero attached hydrogens (tertiary/aromatic N) is 3. The molecule has 0 atom stereocenters. The van der Waals surface area contributed by atoms with Gasteiger partial charge in [0.2, 0.25) is 0 Å². The van der Waals surface area contributed by atoms with Crippen LogP contribution in [-0.4, -0.2) is 84.2 Å². The monoisotopic (exact) mass is 404 g/mol. The Hall–Kier alpha value is -1.99. The molecule has 162 valence electrons. The maximum atomic E-state index is 5.85. The van der Waals surface area contributed by atoms with Crippen LogP contribution in [0.5, 0.6) is 5.75 Å². The largest absolute Gasteiger partial charge is 0.497 e. The molecule has 0 bridgehead atoms. The van der Waals surface area contributed by atoms with Gasteiger partial charge < -0.3 is 29.3 Å². The number of piperazine rings is 1. The Morgan fingerprint density at radius 2 is 2.00 bits per heavy atom. The Bertz CT molecular complexity index is 626. The molecule has 2 saturated heterocycles. The molecule has 0 unspecified atom stereocenters. The number of nitrogens with one attached hydrogen (secondary N) is 1. The van der Waals surface area contributed by atoms with Crippen molar-refractivity contribution in [2.45, 2.75) is 19.3 Å². The zero-order chi connectivity index (χ0) is 20.3. The highest BCUT2D eigenvalue weighted by atomic mass is 16.5. The molecule has 0 spiro atoms.